The van der Waals surface area contributed by atoms with Crippen molar-refractivity contribution in [2.24, 2.45) is 5.73 Å². The molecule has 2 aromatic rings. The maximum absolute atomic E-state index is 5.89. The predicted octanol–water partition coefficient (Wildman–Crippen LogP) is 1.22. The van der Waals surface area contributed by atoms with Gasteiger partial charge in [-0.15, -0.1) is 12.4 Å². The number of nitrogens with two attached hydrogens (primary N) is 1. The Labute approximate surface area is 118 Å². The van der Waals surface area contributed by atoms with E-state index in [4.69, 9.17) is 5.73 Å². The Hall–Kier alpha value is -1.43. The molecule has 102 valence electrons. The highest BCUT2D eigenvalue weighted by Crippen LogP contribution is 2.11. The minimum Gasteiger partial charge on any atom is -0.326 e. The molecule has 0 amide bonds. The Morgan fingerprint density at radius 2 is 2.05 bits per heavy atom. The number of hydrogen-bond acceptors (Lipinski definition) is 4. The van der Waals surface area contributed by atoms with E-state index in [9.17, 15) is 0 Å². The first-order valence-corrected chi connectivity index (χ1v) is 6.26. The van der Waals surface area contributed by atoms with Crippen LogP contribution in [-0.2, 0) is 6.54 Å². The molecule has 1 atom stereocenters. The van der Waals surface area contributed by atoms with Crippen LogP contribution in [0.3, 0.4) is 0 Å². The summed E-state index contributed by atoms with van der Waals surface area (Å²) in [5.74, 6) is 0. The Morgan fingerprint density at radius 3 is 2.74 bits per heavy atom. The summed E-state index contributed by atoms with van der Waals surface area (Å²) in [6, 6.07) is 10.3. The average molecular weight is 280 g/mol. The zero-order valence-corrected chi connectivity index (χ0v) is 11.5. The van der Waals surface area contributed by atoms with Crippen molar-refractivity contribution in [1.29, 1.82) is 0 Å². The average Bonchev–Trinajstić information content (AvgIpc) is 3.01. The van der Waals surface area contributed by atoms with Crippen LogP contribution in [-0.4, -0.2) is 39.0 Å². The van der Waals surface area contributed by atoms with Gasteiger partial charge < -0.3 is 5.73 Å². The third kappa shape index (κ3) is 3.32. The normalized spacial score (nSPS) is 19.3. The molecular weight excluding hydrogens is 262 g/mol. The van der Waals surface area contributed by atoms with E-state index in [1.807, 2.05) is 36.5 Å². The molecule has 1 aromatic heterocycles. The lowest BCUT2D eigenvalue weighted by atomic mass is 10.3. The van der Waals surface area contributed by atoms with Gasteiger partial charge in [0, 0.05) is 25.7 Å². The summed E-state index contributed by atoms with van der Waals surface area (Å²) in [6.07, 6.45) is 2.91. The molecule has 0 radical (unpaired) electrons. The van der Waals surface area contributed by atoms with Crippen molar-refractivity contribution in [2.45, 2.75) is 19.0 Å². The molecule has 1 aromatic carbocycles. The van der Waals surface area contributed by atoms with E-state index in [0.717, 1.165) is 37.4 Å². The second-order valence-corrected chi connectivity index (χ2v) is 4.74. The third-order valence-corrected chi connectivity index (χ3v) is 3.22. The van der Waals surface area contributed by atoms with Crippen molar-refractivity contribution in [3.05, 3.63) is 42.2 Å². The number of benzene rings is 1. The zero-order chi connectivity index (χ0) is 12.4. The van der Waals surface area contributed by atoms with E-state index in [-0.39, 0.29) is 12.4 Å². The minimum atomic E-state index is 0. The first-order chi connectivity index (χ1) is 8.81. The summed E-state index contributed by atoms with van der Waals surface area (Å²) >= 11 is 0. The highest BCUT2D eigenvalue weighted by molar-refractivity contribution is 5.85. The number of rotatable bonds is 3. The highest BCUT2D eigenvalue weighted by Gasteiger charge is 2.19. The van der Waals surface area contributed by atoms with Crippen LogP contribution in [0.4, 0.5) is 0 Å². The highest BCUT2D eigenvalue weighted by atomic mass is 35.5. The van der Waals surface area contributed by atoms with Crippen molar-refractivity contribution in [2.75, 3.05) is 13.1 Å². The summed E-state index contributed by atoms with van der Waals surface area (Å²) < 4.78 is 0. The van der Waals surface area contributed by atoms with Crippen LogP contribution in [0, 0.1) is 0 Å². The van der Waals surface area contributed by atoms with Gasteiger partial charge in [-0.25, -0.2) is 0 Å². The SMILES string of the molecule is Cl.NC1CCN(Cc2cnn(-c3ccccc3)n2)C1. The van der Waals surface area contributed by atoms with Gasteiger partial charge in [0.1, 0.15) is 0 Å². The van der Waals surface area contributed by atoms with E-state index >= 15 is 0 Å². The van der Waals surface area contributed by atoms with E-state index in [0.29, 0.717) is 6.04 Å². The van der Waals surface area contributed by atoms with Crippen molar-refractivity contribution in [3.63, 3.8) is 0 Å². The standard InChI is InChI=1S/C13H17N5.ClH/c14-11-6-7-17(9-11)10-12-8-15-18(16-12)13-4-2-1-3-5-13;/h1-5,8,11H,6-7,9-10,14H2;1H. The molecule has 3 rings (SSSR count). The summed E-state index contributed by atoms with van der Waals surface area (Å²) in [7, 11) is 0. The summed E-state index contributed by atoms with van der Waals surface area (Å²) in [6.45, 7) is 2.85. The Bertz CT molecular complexity index is 513. The van der Waals surface area contributed by atoms with Gasteiger partial charge in [0.15, 0.2) is 0 Å². The van der Waals surface area contributed by atoms with Crippen LogP contribution in [0.1, 0.15) is 12.1 Å². The molecular formula is C13H18ClN5. The van der Waals surface area contributed by atoms with Gasteiger partial charge in [-0.1, -0.05) is 18.2 Å². The molecule has 5 nitrogen and oxygen atoms in total. The molecule has 19 heavy (non-hydrogen) atoms. The zero-order valence-electron chi connectivity index (χ0n) is 10.6. The maximum Gasteiger partial charge on any atom is 0.0971 e. The lowest BCUT2D eigenvalue weighted by Crippen LogP contribution is -2.26. The molecule has 0 bridgehead atoms. The lowest BCUT2D eigenvalue weighted by Gasteiger charge is -2.12. The van der Waals surface area contributed by atoms with Crippen molar-refractivity contribution < 1.29 is 0 Å². The van der Waals surface area contributed by atoms with Crippen LogP contribution in [0.5, 0.6) is 0 Å². The molecule has 2 heterocycles. The molecule has 1 aliphatic heterocycles. The molecule has 1 unspecified atom stereocenters. The Balaban J connectivity index is 0.00000133. The topological polar surface area (TPSA) is 60.0 Å². The fourth-order valence-corrected chi connectivity index (χ4v) is 2.29. The van der Waals surface area contributed by atoms with E-state index in [1.165, 1.54) is 0 Å². The largest absolute Gasteiger partial charge is 0.326 e. The second kappa shape index (κ2) is 6.14. The summed E-state index contributed by atoms with van der Waals surface area (Å²) in [4.78, 5) is 4.00. The molecule has 1 fully saturated rings. The van der Waals surface area contributed by atoms with E-state index in [2.05, 4.69) is 15.1 Å². The Kier molecular flexibility index (Phi) is 4.52. The number of hydrogen-bond donors (Lipinski definition) is 1. The fraction of sp³-hybridized carbons (Fsp3) is 0.385. The monoisotopic (exact) mass is 279 g/mol. The molecule has 6 heteroatoms. The first kappa shape index (κ1) is 14.0. The Morgan fingerprint density at radius 1 is 1.26 bits per heavy atom. The van der Waals surface area contributed by atoms with Crippen LogP contribution in [0.15, 0.2) is 36.5 Å². The third-order valence-electron chi connectivity index (χ3n) is 3.22. The van der Waals surface area contributed by atoms with E-state index < -0.39 is 0 Å². The molecule has 1 aliphatic rings. The van der Waals surface area contributed by atoms with Gasteiger partial charge in [0.05, 0.1) is 17.6 Å². The number of halogens is 1. The van der Waals surface area contributed by atoms with Gasteiger partial charge in [0.2, 0.25) is 0 Å². The first-order valence-electron chi connectivity index (χ1n) is 6.26. The van der Waals surface area contributed by atoms with Gasteiger partial charge >= 0.3 is 0 Å². The lowest BCUT2D eigenvalue weighted by molar-refractivity contribution is 0.322. The molecule has 0 spiro atoms. The van der Waals surface area contributed by atoms with Crippen LogP contribution in [0.2, 0.25) is 0 Å². The number of aromatic nitrogens is 3. The minimum absolute atomic E-state index is 0. The number of para-hydroxylation sites is 1. The van der Waals surface area contributed by atoms with Gasteiger partial charge in [-0.3, -0.25) is 4.90 Å². The van der Waals surface area contributed by atoms with Crippen LogP contribution < -0.4 is 5.73 Å². The van der Waals surface area contributed by atoms with Crippen molar-refractivity contribution >= 4 is 12.4 Å². The quantitative estimate of drug-likeness (QED) is 0.918. The van der Waals surface area contributed by atoms with Crippen LogP contribution >= 0.6 is 12.4 Å². The van der Waals surface area contributed by atoms with Gasteiger partial charge in [-0.2, -0.15) is 15.0 Å². The van der Waals surface area contributed by atoms with E-state index in [1.54, 1.807) is 4.80 Å². The second-order valence-electron chi connectivity index (χ2n) is 4.74. The predicted molar refractivity (Wildman–Crippen MR) is 76.5 cm³/mol. The molecule has 0 aliphatic carbocycles. The molecule has 1 saturated heterocycles. The van der Waals surface area contributed by atoms with Gasteiger partial charge in [0.25, 0.3) is 0 Å². The summed E-state index contributed by atoms with van der Waals surface area (Å²) in [5, 5.41) is 8.79. The van der Waals surface area contributed by atoms with Crippen LogP contribution in [0.25, 0.3) is 5.69 Å². The fourth-order valence-electron chi connectivity index (χ4n) is 2.29. The van der Waals surface area contributed by atoms with Crippen molar-refractivity contribution in [3.8, 4) is 5.69 Å². The molecule has 2 N–H and O–H groups in total. The molecule has 0 saturated carbocycles. The number of nitrogens with zero attached hydrogens (tertiary/aromatic N) is 4. The smallest absolute Gasteiger partial charge is 0.0971 e. The maximum atomic E-state index is 5.89. The van der Waals surface area contributed by atoms with Crippen molar-refractivity contribution in [1.82, 2.24) is 19.9 Å². The van der Waals surface area contributed by atoms with Gasteiger partial charge in [-0.05, 0) is 18.6 Å². The number of likely N-dealkylation sites (tertiary alicyclic amines) is 1. The summed E-state index contributed by atoms with van der Waals surface area (Å²) in [5.41, 5.74) is 7.87.